The highest BCUT2D eigenvalue weighted by molar-refractivity contribution is 7.69. The maximum atomic E-state index is 5.51. The SMILES string of the molecule is [B]O[P@](c1ccccc1)c1ccc2ccccc2c1. The fourth-order valence-corrected chi connectivity index (χ4v) is 3.59. The second-order valence-electron chi connectivity index (χ2n) is 4.27. The average Bonchev–Trinajstić information content (AvgIpc) is 2.49. The largest absolute Gasteiger partial charge is 0.421 e. The minimum Gasteiger partial charge on any atom is -0.421 e. The summed E-state index contributed by atoms with van der Waals surface area (Å²) in [4.78, 5) is 0. The van der Waals surface area contributed by atoms with Gasteiger partial charge in [0.25, 0.3) is 8.05 Å². The lowest BCUT2D eigenvalue weighted by atomic mass is 10.1. The van der Waals surface area contributed by atoms with Gasteiger partial charge in [-0.25, -0.2) is 0 Å². The minimum absolute atomic E-state index is 0.944. The van der Waals surface area contributed by atoms with Crippen LogP contribution in [0.2, 0.25) is 0 Å². The highest BCUT2D eigenvalue weighted by atomic mass is 31.1. The van der Waals surface area contributed by atoms with Gasteiger partial charge in [0.05, 0.1) is 8.15 Å². The van der Waals surface area contributed by atoms with Crippen LogP contribution in [0.1, 0.15) is 0 Å². The Morgan fingerprint density at radius 3 is 2.11 bits per heavy atom. The van der Waals surface area contributed by atoms with Gasteiger partial charge in [-0.3, -0.25) is 0 Å². The van der Waals surface area contributed by atoms with Crippen molar-refractivity contribution in [1.29, 1.82) is 0 Å². The molecule has 0 fully saturated rings. The highest BCUT2D eigenvalue weighted by Gasteiger charge is 2.12. The predicted octanol–water partition coefficient (Wildman–Crippen LogP) is 3.29. The summed E-state index contributed by atoms with van der Waals surface area (Å²) in [6.45, 7) is 0. The first kappa shape index (κ1) is 12.4. The maximum absolute atomic E-state index is 5.51. The van der Waals surface area contributed by atoms with E-state index in [4.69, 9.17) is 12.5 Å². The Kier molecular flexibility index (Phi) is 3.63. The van der Waals surface area contributed by atoms with E-state index in [1.165, 1.54) is 10.8 Å². The van der Waals surface area contributed by atoms with Crippen LogP contribution in [0.5, 0.6) is 0 Å². The molecule has 0 unspecified atom stereocenters. The molecular weight excluding hydrogens is 250 g/mol. The lowest BCUT2D eigenvalue weighted by molar-refractivity contribution is 0.705. The lowest BCUT2D eigenvalue weighted by Crippen LogP contribution is -2.12. The van der Waals surface area contributed by atoms with E-state index < -0.39 is 8.15 Å². The Balaban J connectivity index is 2.06. The molecule has 90 valence electrons. The summed E-state index contributed by atoms with van der Waals surface area (Å²) in [6.07, 6.45) is 0. The van der Waals surface area contributed by atoms with E-state index in [-0.39, 0.29) is 0 Å². The Bertz CT molecular complexity index is 684. The second kappa shape index (κ2) is 5.56. The van der Waals surface area contributed by atoms with E-state index in [2.05, 4.69) is 30.3 Å². The first-order chi connectivity index (χ1) is 9.38. The van der Waals surface area contributed by atoms with Crippen LogP contribution in [-0.4, -0.2) is 8.05 Å². The Morgan fingerprint density at radius 1 is 0.684 bits per heavy atom. The van der Waals surface area contributed by atoms with E-state index in [1.807, 2.05) is 42.5 Å². The van der Waals surface area contributed by atoms with Crippen LogP contribution in [0.25, 0.3) is 10.8 Å². The van der Waals surface area contributed by atoms with Crippen LogP contribution >= 0.6 is 8.15 Å². The van der Waals surface area contributed by atoms with Crippen molar-refractivity contribution in [2.75, 3.05) is 0 Å². The van der Waals surface area contributed by atoms with Gasteiger partial charge < -0.3 is 4.44 Å². The van der Waals surface area contributed by atoms with Gasteiger partial charge in [-0.2, -0.15) is 0 Å². The quantitative estimate of drug-likeness (QED) is 0.520. The molecule has 2 radical (unpaired) electrons. The zero-order chi connectivity index (χ0) is 13.1. The van der Waals surface area contributed by atoms with Gasteiger partial charge in [-0.05, 0) is 16.8 Å². The molecule has 0 aromatic heterocycles. The Labute approximate surface area is 115 Å². The molecule has 3 aromatic carbocycles. The van der Waals surface area contributed by atoms with Crippen molar-refractivity contribution in [3.8, 4) is 0 Å². The Morgan fingerprint density at radius 2 is 1.37 bits per heavy atom. The van der Waals surface area contributed by atoms with Crippen LogP contribution in [0.4, 0.5) is 0 Å². The zero-order valence-electron chi connectivity index (χ0n) is 10.4. The van der Waals surface area contributed by atoms with Gasteiger partial charge in [0.2, 0.25) is 0 Å². The van der Waals surface area contributed by atoms with Crippen molar-refractivity contribution >= 4 is 37.6 Å². The molecule has 0 bridgehead atoms. The topological polar surface area (TPSA) is 9.23 Å². The third kappa shape index (κ3) is 2.56. The van der Waals surface area contributed by atoms with Crippen molar-refractivity contribution in [2.45, 2.75) is 0 Å². The van der Waals surface area contributed by atoms with Crippen LogP contribution < -0.4 is 10.6 Å². The van der Waals surface area contributed by atoms with E-state index in [0.29, 0.717) is 0 Å². The van der Waals surface area contributed by atoms with Crippen LogP contribution in [0, 0.1) is 0 Å². The number of hydrogen-bond acceptors (Lipinski definition) is 1. The van der Waals surface area contributed by atoms with Gasteiger partial charge in [0.15, 0.2) is 0 Å². The van der Waals surface area contributed by atoms with Gasteiger partial charge in [0.1, 0.15) is 0 Å². The van der Waals surface area contributed by atoms with E-state index in [0.717, 1.165) is 10.6 Å². The molecule has 0 N–H and O–H groups in total. The van der Waals surface area contributed by atoms with Gasteiger partial charge in [-0.1, -0.05) is 66.7 Å². The van der Waals surface area contributed by atoms with Crippen molar-refractivity contribution in [1.82, 2.24) is 0 Å². The summed E-state index contributed by atoms with van der Waals surface area (Å²) < 4.78 is 5.24. The van der Waals surface area contributed by atoms with Crippen molar-refractivity contribution in [2.24, 2.45) is 0 Å². The summed E-state index contributed by atoms with van der Waals surface area (Å²) in [5.74, 6) is 0. The minimum atomic E-state index is -0.944. The van der Waals surface area contributed by atoms with Gasteiger partial charge >= 0.3 is 0 Å². The summed E-state index contributed by atoms with van der Waals surface area (Å²) in [6, 6.07) is 24.8. The normalized spacial score (nSPS) is 12.4. The van der Waals surface area contributed by atoms with E-state index >= 15 is 0 Å². The molecule has 3 heteroatoms. The molecule has 0 amide bonds. The molecule has 3 rings (SSSR count). The maximum Gasteiger partial charge on any atom is 0.289 e. The second-order valence-corrected chi connectivity index (χ2v) is 6.10. The zero-order valence-corrected chi connectivity index (χ0v) is 11.3. The summed E-state index contributed by atoms with van der Waals surface area (Å²) in [5, 5.41) is 4.68. The molecule has 0 aliphatic rings. The van der Waals surface area contributed by atoms with Gasteiger partial charge in [-0.15, -0.1) is 0 Å². The molecule has 0 heterocycles. The van der Waals surface area contributed by atoms with Crippen LogP contribution in [-0.2, 0) is 4.44 Å². The van der Waals surface area contributed by atoms with Crippen LogP contribution in [0.15, 0.2) is 72.8 Å². The molecule has 1 atom stereocenters. The molecule has 0 aliphatic carbocycles. The lowest BCUT2D eigenvalue weighted by Gasteiger charge is -2.17. The van der Waals surface area contributed by atoms with E-state index in [1.54, 1.807) is 0 Å². The predicted molar refractivity (Wildman–Crippen MR) is 83.4 cm³/mol. The van der Waals surface area contributed by atoms with Gasteiger partial charge in [0, 0.05) is 10.6 Å². The number of fused-ring (bicyclic) bond motifs is 1. The summed E-state index contributed by atoms with van der Waals surface area (Å²) >= 11 is 0. The first-order valence-electron chi connectivity index (χ1n) is 6.09. The smallest absolute Gasteiger partial charge is 0.289 e. The standard InChI is InChI=1S/C16H12BOP/c17-18-19(15-8-2-1-3-9-15)16-11-10-13-6-4-5-7-14(13)12-16/h1-12H/t19-/m1/s1. The fourth-order valence-electron chi connectivity index (χ4n) is 2.14. The molecule has 0 saturated heterocycles. The molecule has 1 nitrogen and oxygen atoms in total. The summed E-state index contributed by atoms with van der Waals surface area (Å²) in [7, 11) is 4.57. The number of benzene rings is 3. The molecule has 3 aromatic rings. The van der Waals surface area contributed by atoms with Crippen molar-refractivity contribution in [3.63, 3.8) is 0 Å². The monoisotopic (exact) mass is 262 g/mol. The average molecular weight is 262 g/mol. The van der Waals surface area contributed by atoms with E-state index in [9.17, 15) is 0 Å². The fraction of sp³-hybridized carbons (Fsp3) is 0. The molecule has 0 aliphatic heterocycles. The molecule has 0 saturated carbocycles. The number of hydrogen-bond donors (Lipinski definition) is 0. The van der Waals surface area contributed by atoms with Crippen molar-refractivity contribution in [3.05, 3.63) is 72.8 Å². The third-order valence-electron chi connectivity index (χ3n) is 3.06. The molecular formula is C16H12BOP. The van der Waals surface area contributed by atoms with Crippen molar-refractivity contribution < 1.29 is 4.44 Å². The Hall–Kier alpha value is -1.63. The molecule has 19 heavy (non-hydrogen) atoms. The first-order valence-corrected chi connectivity index (χ1v) is 7.35. The van der Waals surface area contributed by atoms with Crippen LogP contribution in [0.3, 0.4) is 0 Å². The molecule has 0 spiro atoms. The highest BCUT2D eigenvalue weighted by Crippen LogP contribution is 2.34. The number of rotatable bonds is 3. The summed E-state index contributed by atoms with van der Waals surface area (Å²) in [5.41, 5.74) is 0. The third-order valence-corrected chi connectivity index (χ3v) is 4.79.